The molecule has 2 aromatic carbocycles. The maximum Gasteiger partial charge on any atom is 0.331 e. The number of nitrogens with zero attached hydrogens (tertiary/aromatic N) is 2. The molecule has 138 valence electrons. The van der Waals surface area contributed by atoms with Crippen molar-refractivity contribution >= 4 is 45.2 Å². The molecule has 0 unspecified atom stereocenters. The molecule has 27 heavy (non-hydrogen) atoms. The van der Waals surface area contributed by atoms with Crippen LogP contribution in [0.4, 0.5) is 5.69 Å². The van der Waals surface area contributed by atoms with E-state index in [9.17, 15) is 9.59 Å². The number of hydrogen-bond acceptors (Lipinski definition) is 5. The molecule has 1 heterocycles. The van der Waals surface area contributed by atoms with E-state index in [4.69, 9.17) is 4.74 Å². The Morgan fingerprint density at radius 1 is 1.11 bits per heavy atom. The van der Waals surface area contributed by atoms with E-state index in [1.807, 2.05) is 68.4 Å². The van der Waals surface area contributed by atoms with Gasteiger partial charge in [-0.25, -0.2) is 9.78 Å². The molecule has 0 saturated heterocycles. The second-order valence-electron chi connectivity index (χ2n) is 6.15. The van der Waals surface area contributed by atoms with E-state index in [1.54, 1.807) is 11.0 Å². The Balaban J connectivity index is 1.59. The number of benzene rings is 2. The van der Waals surface area contributed by atoms with E-state index in [0.717, 1.165) is 15.9 Å². The highest BCUT2D eigenvalue weighted by Crippen LogP contribution is 2.22. The van der Waals surface area contributed by atoms with Gasteiger partial charge in [-0.1, -0.05) is 30.3 Å². The van der Waals surface area contributed by atoms with Crippen molar-refractivity contribution in [1.29, 1.82) is 0 Å². The molecule has 1 amide bonds. The SMILES string of the molecule is CC(C)N(C(=O)COC(=O)C=Cc1nc2ccccc2s1)c1ccccc1. The van der Waals surface area contributed by atoms with Gasteiger partial charge in [-0.3, -0.25) is 4.79 Å². The van der Waals surface area contributed by atoms with Crippen LogP contribution in [0.25, 0.3) is 16.3 Å². The normalized spacial score (nSPS) is 11.2. The number of rotatable bonds is 6. The number of para-hydroxylation sites is 2. The van der Waals surface area contributed by atoms with Gasteiger partial charge in [0.2, 0.25) is 0 Å². The number of fused-ring (bicyclic) bond motifs is 1. The maximum atomic E-state index is 12.5. The molecular formula is C21H20N2O3S. The van der Waals surface area contributed by atoms with Gasteiger partial charge in [0.25, 0.3) is 5.91 Å². The number of amides is 1. The molecule has 1 aromatic heterocycles. The number of thiazole rings is 1. The summed E-state index contributed by atoms with van der Waals surface area (Å²) in [4.78, 5) is 30.5. The lowest BCUT2D eigenvalue weighted by molar-refractivity contribution is -0.143. The van der Waals surface area contributed by atoms with Crippen LogP contribution in [0.1, 0.15) is 18.9 Å². The molecule has 3 rings (SSSR count). The third kappa shape index (κ3) is 4.80. The molecular weight excluding hydrogens is 360 g/mol. The topological polar surface area (TPSA) is 59.5 Å². The predicted molar refractivity (Wildman–Crippen MR) is 109 cm³/mol. The lowest BCUT2D eigenvalue weighted by atomic mass is 10.2. The molecule has 0 aliphatic heterocycles. The van der Waals surface area contributed by atoms with Crippen LogP contribution in [0.5, 0.6) is 0 Å². The number of carbonyl (C=O) groups excluding carboxylic acids is 2. The first-order valence-corrected chi connectivity index (χ1v) is 9.44. The quantitative estimate of drug-likeness (QED) is 0.473. The van der Waals surface area contributed by atoms with Crippen molar-refractivity contribution in [2.24, 2.45) is 0 Å². The van der Waals surface area contributed by atoms with Gasteiger partial charge in [0.15, 0.2) is 6.61 Å². The van der Waals surface area contributed by atoms with Gasteiger partial charge in [-0.2, -0.15) is 0 Å². The molecule has 3 aromatic rings. The third-order valence-electron chi connectivity index (χ3n) is 3.83. The highest BCUT2D eigenvalue weighted by molar-refractivity contribution is 7.19. The minimum atomic E-state index is -0.570. The minimum Gasteiger partial charge on any atom is -0.452 e. The van der Waals surface area contributed by atoms with Crippen molar-refractivity contribution in [2.45, 2.75) is 19.9 Å². The zero-order chi connectivity index (χ0) is 19.2. The van der Waals surface area contributed by atoms with Crippen LogP contribution in [0.15, 0.2) is 60.7 Å². The fraction of sp³-hybridized carbons (Fsp3) is 0.190. The van der Waals surface area contributed by atoms with Crippen molar-refractivity contribution in [3.63, 3.8) is 0 Å². The first-order chi connectivity index (χ1) is 13.0. The largest absolute Gasteiger partial charge is 0.452 e. The number of aromatic nitrogens is 1. The van der Waals surface area contributed by atoms with Crippen LogP contribution in [0.3, 0.4) is 0 Å². The average Bonchev–Trinajstić information content (AvgIpc) is 3.08. The van der Waals surface area contributed by atoms with Gasteiger partial charge in [-0.05, 0) is 44.2 Å². The van der Waals surface area contributed by atoms with E-state index in [0.29, 0.717) is 5.01 Å². The van der Waals surface area contributed by atoms with Crippen LogP contribution in [-0.2, 0) is 14.3 Å². The number of esters is 1. The first-order valence-electron chi connectivity index (χ1n) is 8.62. The fourth-order valence-corrected chi connectivity index (χ4v) is 3.54. The summed E-state index contributed by atoms with van der Waals surface area (Å²) in [5, 5.41) is 0.715. The molecule has 0 spiro atoms. The van der Waals surface area contributed by atoms with Crippen LogP contribution >= 0.6 is 11.3 Å². The molecule has 0 atom stereocenters. The summed E-state index contributed by atoms with van der Waals surface area (Å²) in [6.07, 6.45) is 2.90. The average molecular weight is 380 g/mol. The summed E-state index contributed by atoms with van der Waals surface area (Å²) in [7, 11) is 0. The van der Waals surface area contributed by atoms with Crippen LogP contribution in [-0.4, -0.2) is 29.5 Å². The Morgan fingerprint density at radius 2 is 1.81 bits per heavy atom. The van der Waals surface area contributed by atoms with Crippen LogP contribution < -0.4 is 4.90 Å². The summed E-state index contributed by atoms with van der Waals surface area (Å²) in [5.41, 5.74) is 1.67. The second kappa shape index (κ2) is 8.60. The van der Waals surface area contributed by atoms with E-state index in [2.05, 4.69) is 4.98 Å². The van der Waals surface area contributed by atoms with Crippen molar-refractivity contribution in [3.05, 3.63) is 65.7 Å². The van der Waals surface area contributed by atoms with Crippen LogP contribution in [0, 0.1) is 0 Å². The van der Waals surface area contributed by atoms with Crippen molar-refractivity contribution in [1.82, 2.24) is 4.98 Å². The summed E-state index contributed by atoms with van der Waals surface area (Å²) in [5.74, 6) is -0.836. The molecule has 0 fully saturated rings. The smallest absolute Gasteiger partial charge is 0.331 e. The molecule has 0 aliphatic rings. The Morgan fingerprint density at radius 3 is 2.52 bits per heavy atom. The van der Waals surface area contributed by atoms with E-state index >= 15 is 0 Å². The van der Waals surface area contributed by atoms with Gasteiger partial charge in [-0.15, -0.1) is 11.3 Å². The molecule has 6 heteroatoms. The number of hydrogen-bond donors (Lipinski definition) is 0. The molecule has 0 aliphatic carbocycles. The predicted octanol–water partition coefficient (Wildman–Crippen LogP) is 4.29. The Kier molecular flexibility index (Phi) is 5.98. The van der Waals surface area contributed by atoms with Gasteiger partial charge in [0.1, 0.15) is 5.01 Å². The van der Waals surface area contributed by atoms with E-state index < -0.39 is 5.97 Å². The molecule has 0 saturated carbocycles. The molecule has 0 N–H and O–H groups in total. The number of carbonyl (C=O) groups is 2. The van der Waals surface area contributed by atoms with E-state index in [-0.39, 0.29) is 18.6 Å². The van der Waals surface area contributed by atoms with Crippen molar-refractivity contribution in [3.8, 4) is 0 Å². The standard InChI is InChI=1S/C21H20N2O3S/c1-15(2)23(16-8-4-3-5-9-16)20(24)14-26-21(25)13-12-19-22-17-10-6-7-11-18(17)27-19/h3-13,15H,14H2,1-2H3. The summed E-state index contributed by atoms with van der Waals surface area (Å²) < 4.78 is 6.16. The Labute approximate surface area is 161 Å². The molecule has 0 radical (unpaired) electrons. The molecule has 5 nitrogen and oxygen atoms in total. The minimum absolute atomic E-state index is 0.0445. The van der Waals surface area contributed by atoms with Crippen molar-refractivity contribution in [2.75, 3.05) is 11.5 Å². The summed E-state index contributed by atoms with van der Waals surface area (Å²) in [6.45, 7) is 3.52. The van der Waals surface area contributed by atoms with Gasteiger partial charge < -0.3 is 9.64 Å². The van der Waals surface area contributed by atoms with Gasteiger partial charge in [0, 0.05) is 17.8 Å². The monoisotopic (exact) mass is 380 g/mol. The lowest BCUT2D eigenvalue weighted by Crippen LogP contribution is -2.39. The molecule has 0 bridgehead atoms. The van der Waals surface area contributed by atoms with Gasteiger partial charge in [0.05, 0.1) is 10.2 Å². The lowest BCUT2D eigenvalue weighted by Gasteiger charge is -2.26. The Bertz CT molecular complexity index is 931. The second-order valence-corrected chi connectivity index (χ2v) is 7.22. The van der Waals surface area contributed by atoms with Gasteiger partial charge >= 0.3 is 5.97 Å². The van der Waals surface area contributed by atoms with E-state index in [1.165, 1.54) is 17.4 Å². The summed E-state index contributed by atoms with van der Waals surface area (Å²) >= 11 is 1.49. The maximum absolute atomic E-state index is 12.5. The van der Waals surface area contributed by atoms with Crippen molar-refractivity contribution < 1.29 is 14.3 Å². The number of ether oxygens (including phenoxy) is 1. The highest BCUT2D eigenvalue weighted by atomic mass is 32.1. The fourth-order valence-electron chi connectivity index (χ4n) is 2.67. The first kappa shape index (κ1) is 18.8. The summed E-state index contributed by atoms with van der Waals surface area (Å²) in [6, 6.07) is 17.0. The third-order valence-corrected chi connectivity index (χ3v) is 4.83. The number of anilines is 1. The zero-order valence-electron chi connectivity index (χ0n) is 15.2. The Hall–Kier alpha value is -2.99. The van der Waals surface area contributed by atoms with Crippen LogP contribution in [0.2, 0.25) is 0 Å². The zero-order valence-corrected chi connectivity index (χ0v) is 16.0. The highest BCUT2D eigenvalue weighted by Gasteiger charge is 2.19.